The highest BCUT2D eigenvalue weighted by molar-refractivity contribution is 5.71. The van der Waals surface area contributed by atoms with Gasteiger partial charge in [0.05, 0.1) is 0 Å². The summed E-state index contributed by atoms with van der Waals surface area (Å²) in [5, 5.41) is 0. The van der Waals surface area contributed by atoms with Crippen LogP contribution in [0.25, 0.3) is 0 Å². The summed E-state index contributed by atoms with van der Waals surface area (Å²) >= 11 is 0. The maximum atomic E-state index is 12.9. The molecule has 0 aliphatic carbocycles. The summed E-state index contributed by atoms with van der Waals surface area (Å²) in [6.07, 6.45) is 98.6. The lowest BCUT2D eigenvalue weighted by Crippen LogP contribution is -2.30. The first-order valence-corrected chi connectivity index (χ1v) is 33.8. The fourth-order valence-corrected chi connectivity index (χ4v) is 9.03. The molecule has 0 aromatic carbocycles. The average Bonchev–Trinajstić information content (AvgIpc) is 3.48. The lowest BCUT2D eigenvalue weighted by molar-refractivity contribution is -0.167. The Labute approximate surface area is 506 Å². The molecule has 0 aliphatic rings. The number of ether oxygens (including phenoxy) is 3. The minimum Gasteiger partial charge on any atom is -0.462 e. The van der Waals surface area contributed by atoms with Gasteiger partial charge in [0, 0.05) is 19.3 Å². The Morgan fingerprint density at radius 2 is 0.476 bits per heavy atom. The number of unbranched alkanes of at least 4 members (excludes halogenated alkanes) is 25. The number of rotatable bonds is 60. The first-order valence-electron chi connectivity index (χ1n) is 33.8. The topological polar surface area (TPSA) is 78.9 Å². The number of carbonyl (C=O) groups is 3. The molecule has 82 heavy (non-hydrogen) atoms. The van der Waals surface area contributed by atoms with Gasteiger partial charge in [0.25, 0.3) is 0 Å². The van der Waals surface area contributed by atoms with Crippen molar-refractivity contribution < 1.29 is 28.6 Å². The molecule has 464 valence electrons. The molecule has 6 nitrogen and oxygen atoms in total. The highest BCUT2D eigenvalue weighted by Crippen LogP contribution is 2.15. The minimum atomic E-state index is -0.795. The zero-order valence-corrected chi connectivity index (χ0v) is 53.2. The molecule has 0 fully saturated rings. The highest BCUT2D eigenvalue weighted by Gasteiger charge is 2.19. The number of hydrogen-bond acceptors (Lipinski definition) is 6. The van der Waals surface area contributed by atoms with Gasteiger partial charge < -0.3 is 14.2 Å². The Hall–Kier alpha value is -4.71. The molecule has 1 atom stereocenters. The molecule has 0 aromatic heterocycles. The van der Waals surface area contributed by atoms with Gasteiger partial charge in [-0.2, -0.15) is 0 Å². The third-order valence-electron chi connectivity index (χ3n) is 14.1. The van der Waals surface area contributed by atoms with E-state index in [0.717, 1.165) is 141 Å². The molecule has 0 amide bonds. The largest absolute Gasteiger partial charge is 0.462 e. The van der Waals surface area contributed by atoms with Crippen LogP contribution in [0, 0.1) is 0 Å². The van der Waals surface area contributed by atoms with Crippen molar-refractivity contribution >= 4 is 17.9 Å². The molecular weight excluding hydrogens is 1010 g/mol. The second-order valence-electron chi connectivity index (χ2n) is 22.0. The SMILES string of the molecule is CC/C=C\C/C=C\C/C=C\C/C=C\C/C=C\C/C=C\C/C=C\C/C=C\C/C=C\C/C=C\CCCCCCC(=O)OCC(COC(=O)CCCCCCCCCCCC)OC(=O)CCCCCCCCCCC/C=C\C/C=C\CCCCC. The Kier molecular flexibility index (Phi) is 64.8. The van der Waals surface area contributed by atoms with Crippen molar-refractivity contribution in [1.29, 1.82) is 0 Å². The van der Waals surface area contributed by atoms with Crippen molar-refractivity contribution in [2.24, 2.45) is 0 Å². The highest BCUT2D eigenvalue weighted by atomic mass is 16.6. The van der Waals surface area contributed by atoms with Gasteiger partial charge in [0.2, 0.25) is 0 Å². The zero-order chi connectivity index (χ0) is 59.2. The average molecular weight is 1130 g/mol. The van der Waals surface area contributed by atoms with E-state index in [-0.39, 0.29) is 31.1 Å². The van der Waals surface area contributed by atoms with Gasteiger partial charge in [-0.05, 0) is 128 Å². The monoisotopic (exact) mass is 1130 g/mol. The summed E-state index contributed by atoms with van der Waals surface area (Å²) in [7, 11) is 0. The summed E-state index contributed by atoms with van der Waals surface area (Å²) in [6.45, 7) is 6.47. The smallest absolute Gasteiger partial charge is 0.306 e. The van der Waals surface area contributed by atoms with Gasteiger partial charge in [-0.1, -0.05) is 295 Å². The van der Waals surface area contributed by atoms with E-state index in [0.29, 0.717) is 19.3 Å². The summed E-state index contributed by atoms with van der Waals surface area (Å²) in [4.78, 5) is 38.3. The molecule has 0 aliphatic heterocycles. The van der Waals surface area contributed by atoms with E-state index in [4.69, 9.17) is 14.2 Å². The Morgan fingerprint density at radius 3 is 0.768 bits per heavy atom. The van der Waals surface area contributed by atoms with Crippen LogP contribution in [0.4, 0.5) is 0 Å². The van der Waals surface area contributed by atoms with E-state index in [1.54, 1.807) is 0 Å². The van der Waals surface area contributed by atoms with Crippen molar-refractivity contribution in [2.75, 3.05) is 13.2 Å². The van der Waals surface area contributed by atoms with Crippen LogP contribution < -0.4 is 0 Å². The lowest BCUT2D eigenvalue weighted by atomic mass is 10.1. The molecular formula is C76H124O6. The van der Waals surface area contributed by atoms with E-state index in [1.807, 2.05) is 0 Å². The summed E-state index contributed by atoms with van der Waals surface area (Å²) in [5.41, 5.74) is 0. The Bertz CT molecular complexity index is 1780. The number of esters is 3. The van der Waals surface area contributed by atoms with Crippen molar-refractivity contribution in [3.05, 3.63) is 146 Å². The first kappa shape index (κ1) is 77.3. The van der Waals surface area contributed by atoms with E-state index in [9.17, 15) is 14.4 Å². The second kappa shape index (κ2) is 68.8. The summed E-state index contributed by atoms with van der Waals surface area (Å²) in [5.74, 6) is -0.919. The van der Waals surface area contributed by atoms with Gasteiger partial charge in [-0.3, -0.25) is 14.4 Å². The zero-order valence-electron chi connectivity index (χ0n) is 53.2. The van der Waals surface area contributed by atoms with E-state index >= 15 is 0 Å². The van der Waals surface area contributed by atoms with E-state index in [1.165, 1.54) is 116 Å². The van der Waals surface area contributed by atoms with Crippen molar-refractivity contribution in [3.63, 3.8) is 0 Å². The maximum absolute atomic E-state index is 12.9. The van der Waals surface area contributed by atoms with Crippen molar-refractivity contribution in [3.8, 4) is 0 Å². The third kappa shape index (κ3) is 66.1. The van der Waals surface area contributed by atoms with E-state index < -0.39 is 6.10 Å². The predicted molar refractivity (Wildman–Crippen MR) is 357 cm³/mol. The van der Waals surface area contributed by atoms with Gasteiger partial charge in [-0.15, -0.1) is 0 Å². The van der Waals surface area contributed by atoms with Gasteiger partial charge in [-0.25, -0.2) is 0 Å². The molecule has 0 spiro atoms. The third-order valence-corrected chi connectivity index (χ3v) is 14.1. The molecule has 6 heteroatoms. The quantitative estimate of drug-likeness (QED) is 0.0261. The fraction of sp³-hybridized carbons (Fsp3) is 0.645. The second-order valence-corrected chi connectivity index (χ2v) is 22.0. The normalized spacial score (nSPS) is 13.1. The Balaban J connectivity index is 4.29. The summed E-state index contributed by atoms with van der Waals surface area (Å²) < 4.78 is 16.9. The van der Waals surface area contributed by atoms with Crippen LogP contribution >= 0.6 is 0 Å². The standard InChI is InChI=1S/C76H124O6/c1-4-7-10-13-16-19-22-24-26-28-30-31-32-33-34-35-36-37-38-39-40-41-42-43-44-45-47-48-50-52-54-57-60-63-66-69-75(78)81-72-73(71-80-74(77)68-65-62-59-56-21-18-15-12-9-6-3)82-76(79)70-67-64-61-58-55-53-51-49-46-29-27-25-23-20-17-14-11-8-5-2/h7,10,16-17,19-20,24-27,30-31,33-34,36-37,39-40,42-43,45,47,50,52,73H,4-6,8-9,11-15,18,21-23,28-29,32,35,38,41,44,46,48-49,51,53-72H2,1-3H3/b10-7-,19-16-,20-17-,26-24-,27-25-,31-30-,34-33-,37-36-,40-39-,43-42-,47-45-,52-50-. The molecule has 0 bridgehead atoms. The molecule has 0 saturated heterocycles. The fourth-order valence-electron chi connectivity index (χ4n) is 9.03. The van der Waals surface area contributed by atoms with Crippen LogP contribution in [0.15, 0.2) is 146 Å². The molecule has 1 unspecified atom stereocenters. The number of allylic oxidation sites excluding steroid dienone is 24. The molecule has 0 rings (SSSR count). The molecule has 0 aromatic rings. The van der Waals surface area contributed by atoms with Crippen molar-refractivity contribution in [2.45, 2.75) is 303 Å². The van der Waals surface area contributed by atoms with Gasteiger partial charge in [0.1, 0.15) is 13.2 Å². The molecule has 0 radical (unpaired) electrons. The minimum absolute atomic E-state index is 0.0894. The number of hydrogen-bond donors (Lipinski definition) is 0. The van der Waals surface area contributed by atoms with Crippen LogP contribution in [0.1, 0.15) is 297 Å². The van der Waals surface area contributed by atoms with Crippen LogP contribution in [0.5, 0.6) is 0 Å². The van der Waals surface area contributed by atoms with Crippen LogP contribution in [-0.4, -0.2) is 37.2 Å². The van der Waals surface area contributed by atoms with Crippen LogP contribution in [0.2, 0.25) is 0 Å². The molecule has 0 heterocycles. The lowest BCUT2D eigenvalue weighted by Gasteiger charge is -2.18. The van der Waals surface area contributed by atoms with Gasteiger partial charge >= 0.3 is 17.9 Å². The number of carbonyl (C=O) groups excluding carboxylic acids is 3. The van der Waals surface area contributed by atoms with Crippen LogP contribution in [0.3, 0.4) is 0 Å². The Morgan fingerprint density at radius 1 is 0.256 bits per heavy atom. The van der Waals surface area contributed by atoms with Gasteiger partial charge in [0.15, 0.2) is 6.10 Å². The van der Waals surface area contributed by atoms with E-state index in [2.05, 4.69) is 167 Å². The van der Waals surface area contributed by atoms with Crippen LogP contribution in [-0.2, 0) is 28.6 Å². The molecule has 0 N–H and O–H groups in total. The summed E-state index contributed by atoms with van der Waals surface area (Å²) in [6, 6.07) is 0. The first-order chi connectivity index (χ1) is 40.5. The van der Waals surface area contributed by atoms with Crippen molar-refractivity contribution in [1.82, 2.24) is 0 Å². The molecule has 0 saturated carbocycles. The predicted octanol–water partition coefficient (Wildman–Crippen LogP) is 23.5. The maximum Gasteiger partial charge on any atom is 0.306 e.